The molecule has 1 saturated heterocycles. The molecule has 1 aromatic carbocycles. The molecule has 0 bridgehead atoms. The molecule has 2 rings (SSSR count). The molecule has 1 aromatic rings. The quantitative estimate of drug-likeness (QED) is 0.866. The molecular weight excluding hydrogens is 252 g/mol. The van der Waals surface area contributed by atoms with E-state index in [1.165, 1.54) is 12.8 Å². The van der Waals surface area contributed by atoms with Crippen LogP contribution in [0.25, 0.3) is 0 Å². The summed E-state index contributed by atoms with van der Waals surface area (Å²) in [5.74, 6) is 0.871. The molecule has 2 N–H and O–H groups in total. The molecule has 1 heterocycles. The average molecular weight is 278 g/mol. The van der Waals surface area contributed by atoms with E-state index in [0.717, 1.165) is 37.6 Å². The highest BCUT2D eigenvalue weighted by Gasteiger charge is 2.21. The third kappa shape index (κ3) is 4.20. The third-order valence-electron chi connectivity index (χ3n) is 3.86. The Morgan fingerprint density at radius 3 is 2.75 bits per heavy atom. The number of hydrogen-bond acceptors (Lipinski definition) is 4. The van der Waals surface area contributed by atoms with E-state index >= 15 is 0 Å². The summed E-state index contributed by atoms with van der Waals surface area (Å²) in [5.41, 5.74) is 7.47. The van der Waals surface area contributed by atoms with Gasteiger partial charge >= 0.3 is 0 Å². The van der Waals surface area contributed by atoms with Gasteiger partial charge in [0, 0.05) is 25.7 Å². The number of nitrogens with zero attached hydrogens (tertiary/aromatic N) is 1. The summed E-state index contributed by atoms with van der Waals surface area (Å²) in [6.07, 6.45) is 2.74. The molecule has 2 unspecified atom stereocenters. The summed E-state index contributed by atoms with van der Waals surface area (Å²) in [6, 6.07) is 8.07. The lowest BCUT2D eigenvalue weighted by molar-refractivity contribution is 0.00449. The minimum absolute atomic E-state index is 0.0429. The predicted molar refractivity (Wildman–Crippen MR) is 81.0 cm³/mol. The van der Waals surface area contributed by atoms with Gasteiger partial charge in [0.25, 0.3) is 0 Å². The molecule has 0 amide bonds. The molecule has 0 aliphatic carbocycles. The van der Waals surface area contributed by atoms with Gasteiger partial charge in [0.15, 0.2) is 0 Å². The number of nitrogens with two attached hydrogens (primary N) is 1. The highest BCUT2D eigenvalue weighted by atomic mass is 16.5. The van der Waals surface area contributed by atoms with Crippen LogP contribution in [0, 0.1) is 0 Å². The first kappa shape index (κ1) is 15.3. The number of rotatable bonds is 6. The molecule has 0 radical (unpaired) electrons. The number of benzene rings is 1. The summed E-state index contributed by atoms with van der Waals surface area (Å²) < 4.78 is 10.9. The summed E-state index contributed by atoms with van der Waals surface area (Å²) in [4.78, 5) is 2.42. The molecular formula is C16H26N2O2. The molecule has 0 spiro atoms. The topological polar surface area (TPSA) is 47.7 Å². The molecule has 1 aliphatic heterocycles. The first-order valence-corrected chi connectivity index (χ1v) is 7.46. The van der Waals surface area contributed by atoms with Gasteiger partial charge in [-0.3, -0.25) is 4.90 Å². The normalized spacial score (nSPS) is 21.6. The fourth-order valence-corrected chi connectivity index (χ4v) is 2.79. The van der Waals surface area contributed by atoms with Crippen molar-refractivity contribution in [2.45, 2.75) is 31.9 Å². The molecule has 4 nitrogen and oxygen atoms in total. The van der Waals surface area contributed by atoms with Crippen molar-refractivity contribution in [1.82, 2.24) is 4.90 Å². The lowest BCUT2D eigenvalue weighted by Gasteiger charge is -2.34. The van der Waals surface area contributed by atoms with Crippen LogP contribution < -0.4 is 10.5 Å². The van der Waals surface area contributed by atoms with Crippen LogP contribution in [0.2, 0.25) is 0 Å². The summed E-state index contributed by atoms with van der Waals surface area (Å²) in [7, 11) is 1.68. The second-order valence-corrected chi connectivity index (χ2v) is 5.36. The van der Waals surface area contributed by atoms with E-state index in [4.69, 9.17) is 15.2 Å². The summed E-state index contributed by atoms with van der Waals surface area (Å²) in [5, 5.41) is 0. The van der Waals surface area contributed by atoms with Gasteiger partial charge in [-0.1, -0.05) is 12.1 Å². The van der Waals surface area contributed by atoms with Crippen molar-refractivity contribution in [3.63, 3.8) is 0 Å². The Kier molecular flexibility index (Phi) is 5.83. The van der Waals surface area contributed by atoms with Crippen molar-refractivity contribution >= 4 is 0 Å². The van der Waals surface area contributed by atoms with E-state index in [2.05, 4.69) is 11.8 Å². The van der Waals surface area contributed by atoms with E-state index in [0.29, 0.717) is 6.10 Å². The standard InChI is InChI=1S/C16H26N2O2/c1-3-20-15-5-4-10-18(11-15)12-16(17)13-6-8-14(19-2)9-7-13/h6-9,15-16H,3-5,10-12,17H2,1-2H3. The molecule has 4 heteroatoms. The van der Waals surface area contributed by atoms with Crippen LogP contribution in [0.5, 0.6) is 5.75 Å². The van der Waals surface area contributed by atoms with Gasteiger partial charge < -0.3 is 15.2 Å². The number of hydrogen-bond donors (Lipinski definition) is 1. The fraction of sp³-hybridized carbons (Fsp3) is 0.625. The van der Waals surface area contributed by atoms with Gasteiger partial charge in [-0.2, -0.15) is 0 Å². The zero-order valence-corrected chi connectivity index (χ0v) is 12.5. The summed E-state index contributed by atoms with van der Waals surface area (Å²) in [6.45, 7) is 5.85. The van der Waals surface area contributed by atoms with Gasteiger partial charge in [-0.15, -0.1) is 0 Å². The SMILES string of the molecule is CCOC1CCCN(CC(N)c2ccc(OC)cc2)C1. The predicted octanol–water partition coefficient (Wildman–Crippen LogP) is 2.20. The molecule has 0 aromatic heterocycles. The smallest absolute Gasteiger partial charge is 0.118 e. The average Bonchev–Trinajstić information content (AvgIpc) is 2.48. The number of ether oxygens (including phenoxy) is 2. The van der Waals surface area contributed by atoms with Crippen LogP contribution in [0.15, 0.2) is 24.3 Å². The Bertz CT molecular complexity index is 392. The van der Waals surface area contributed by atoms with Crippen LogP contribution >= 0.6 is 0 Å². The largest absolute Gasteiger partial charge is 0.497 e. The Hall–Kier alpha value is -1.10. The van der Waals surface area contributed by atoms with Crippen molar-refractivity contribution in [3.05, 3.63) is 29.8 Å². The monoisotopic (exact) mass is 278 g/mol. The van der Waals surface area contributed by atoms with Gasteiger partial charge in [0.05, 0.1) is 13.2 Å². The second kappa shape index (κ2) is 7.62. The van der Waals surface area contributed by atoms with Crippen LogP contribution in [-0.4, -0.2) is 44.4 Å². The molecule has 112 valence electrons. The highest BCUT2D eigenvalue weighted by molar-refractivity contribution is 5.29. The third-order valence-corrected chi connectivity index (χ3v) is 3.86. The first-order chi connectivity index (χ1) is 9.72. The Balaban J connectivity index is 1.87. The van der Waals surface area contributed by atoms with E-state index in [9.17, 15) is 0 Å². The van der Waals surface area contributed by atoms with Crippen molar-refractivity contribution < 1.29 is 9.47 Å². The van der Waals surface area contributed by atoms with Gasteiger partial charge in [-0.05, 0) is 44.0 Å². The number of likely N-dealkylation sites (tertiary alicyclic amines) is 1. The summed E-state index contributed by atoms with van der Waals surface area (Å²) >= 11 is 0. The maximum absolute atomic E-state index is 6.31. The zero-order chi connectivity index (χ0) is 14.4. The minimum Gasteiger partial charge on any atom is -0.497 e. The molecule has 1 aliphatic rings. The highest BCUT2D eigenvalue weighted by Crippen LogP contribution is 2.19. The van der Waals surface area contributed by atoms with E-state index in [-0.39, 0.29) is 6.04 Å². The fourth-order valence-electron chi connectivity index (χ4n) is 2.79. The van der Waals surface area contributed by atoms with E-state index in [1.807, 2.05) is 24.3 Å². The van der Waals surface area contributed by atoms with Crippen molar-refractivity contribution in [2.75, 3.05) is 33.4 Å². The first-order valence-electron chi connectivity index (χ1n) is 7.46. The van der Waals surface area contributed by atoms with Crippen LogP contribution in [0.3, 0.4) is 0 Å². The lowest BCUT2D eigenvalue weighted by atomic mass is 10.0. The van der Waals surface area contributed by atoms with Crippen molar-refractivity contribution in [3.8, 4) is 5.75 Å². The Morgan fingerprint density at radius 1 is 1.35 bits per heavy atom. The number of methoxy groups -OCH3 is 1. The van der Waals surface area contributed by atoms with Gasteiger partial charge in [-0.25, -0.2) is 0 Å². The van der Waals surface area contributed by atoms with E-state index < -0.39 is 0 Å². The minimum atomic E-state index is 0.0429. The maximum Gasteiger partial charge on any atom is 0.118 e. The number of piperidine rings is 1. The van der Waals surface area contributed by atoms with Crippen LogP contribution in [0.4, 0.5) is 0 Å². The van der Waals surface area contributed by atoms with Crippen LogP contribution in [-0.2, 0) is 4.74 Å². The zero-order valence-electron chi connectivity index (χ0n) is 12.5. The lowest BCUT2D eigenvalue weighted by Crippen LogP contribution is -2.42. The molecule has 0 saturated carbocycles. The second-order valence-electron chi connectivity index (χ2n) is 5.36. The van der Waals surface area contributed by atoms with Crippen LogP contribution in [0.1, 0.15) is 31.4 Å². The van der Waals surface area contributed by atoms with Gasteiger partial charge in [0.2, 0.25) is 0 Å². The Labute approximate surface area is 121 Å². The van der Waals surface area contributed by atoms with Crippen molar-refractivity contribution in [1.29, 1.82) is 0 Å². The molecule has 20 heavy (non-hydrogen) atoms. The van der Waals surface area contributed by atoms with E-state index in [1.54, 1.807) is 7.11 Å². The maximum atomic E-state index is 6.31. The van der Waals surface area contributed by atoms with Crippen molar-refractivity contribution in [2.24, 2.45) is 5.73 Å². The van der Waals surface area contributed by atoms with Gasteiger partial charge in [0.1, 0.15) is 5.75 Å². The molecule has 1 fully saturated rings. The Morgan fingerprint density at radius 2 is 2.10 bits per heavy atom. The molecule has 2 atom stereocenters.